The Labute approximate surface area is 114 Å². The highest BCUT2D eigenvalue weighted by Crippen LogP contribution is 2.27. The van der Waals surface area contributed by atoms with E-state index in [1.54, 1.807) is 0 Å². The highest BCUT2D eigenvalue weighted by atomic mass is 19.3. The highest BCUT2D eigenvalue weighted by molar-refractivity contribution is 5.55. The van der Waals surface area contributed by atoms with Crippen molar-refractivity contribution < 1.29 is 17.6 Å². The van der Waals surface area contributed by atoms with Gasteiger partial charge in [0.05, 0.1) is 6.54 Å². The van der Waals surface area contributed by atoms with Crippen molar-refractivity contribution in [1.82, 2.24) is 9.97 Å². The molecular formula is C12H18F4N4. The van der Waals surface area contributed by atoms with Crippen molar-refractivity contribution >= 4 is 11.6 Å². The van der Waals surface area contributed by atoms with Gasteiger partial charge < -0.3 is 11.1 Å². The molecule has 1 heterocycles. The number of nitrogens with zero attached hydrogens (tertiary/aromatic N) is 2. The van der Waals surface area contributed by atoms with E-state index < -0.39 is 24.3 Å². The molecule has 0 unspecified atom stereocenters. The van der Waals surface area contributed by atoms with Gasteiger partial charge in [-0.3, -0.25) is 0 Å². The predicted molar refractivity (Wildman–Crippen MR) is 69.3 cm³/mol. The molecule has 0 aliphatic heterocycles. The third kappa shape index (κ3) is 3.71. The summed E-state index contributed by atoms with van der Waals surface area (Å²) >= 11 is 0. The quantitative estimate of drug-likeness (QED) is 0.838. The SMILES string of the molecule is Cc1c(N)nc(C(C)(C)C)nc1NCC(F)(F)C(F)F. The lowest BCUT2D eigenvalue weighted by atomic mass is 9.95. The summed E-state index contributed by atoms with van der Waals surface area (Å²) in [5.41, 5.74) is 5.60. The van der Waals surface area contributed by atoms with E-state index in [9.17, 15) is 17.6 Å². The third-order valence-corrected chi connectivity index (χ3v) is 2.67. The van der Waals surface area contributed by atoms with Gasteiger partial charge in [-0.25, -0.2) is 18.7 Å². The molecule has 0 radical (unpaired) electrons. The number of anilines is 2. The molecule has 0 aliphatic carbocycles. The Morgan fingerprint density at radius 3 is 2.20 bits per heavy atom. The van der Waals surface area contributed by atoms with Crippen molar-refractivity contribution in [2.24, 2.45) is 0 Å². The van der Waals surface area contributed by atoms with Gasteiger partial charge in [0, 0.05) is 11.0 Å². The zero-order valence-corrected chi connectivity index (χ0v) is 11.8. The molecule has 114 valence electrons. The van der Waals surface area contributed by atoms with Crippen LogP contribution >= 0.6 is 0 Å². The zero-order valence-electron chi connectivity index (χ0n) is 11.8. The van der Waals surface area contributed by atoms with Gasteiger partial charge in [0.1, 0.15) is 17.5 Å². The maximum absolute atomic E-state index is 12.9. The third-order valence-electron chi connectivity index (χ3n) is 2.67. The van der Waals surface area contributed by atoms with E-state index >= 15 is 0 Å². The molecule has 20 heavy (non-hydrogen) atoms. The predicted octanol–water partition coefficient (Wildman–Crippen LogP) is 2.98. The number of alkyl halides is 4. The molecule has 8 heteroatoms. The molecule has 0 spiro atoms. The van der Waals surface area contributed by atoms with Crippen molar-refractivity contribution in [2.75, 3.05) is 17.6 Å². The molecule has 0 aromatic carbocycles. The van der Waals surface area contributed by atoms with E-state index in [4.69, 9.17) is 5.73 Å². The van der Waals surface area contributed by atoms with E-state index in [1.165, 1.54) is 6.92 Å². The van der Waals surface area contributed by atoms with E-state index in [0.717, 1.165) is 0 Å². The first-order chi connectivity index (χ1) is 8.95. The average Bonchev–Trinajstić information content (AvgIpc) is 2.29. The molecular weight excluding hydrogens is 276 g/mol. The lowest BCUT2D eigenvalue weighted by molar-refractivity contribution is -0.117. The Bertz CT molecular complexity index is 483. The molecule has 1 rings (SSSR count). The van der Waals surface area contributed by atoms with Crippen LogP contribution in [0.3, 0.4) is 0 Å². The number of nitrogen functional groups attached to an aromatic ring is 1. The second kappa shape index (κ2) is 5.41. The summed E-state index contributed by atoms with van der Waals surface area (Å²) in [4.78, 5) is 8.16. The largest absolute Gasteiger partial charge is 0.383 e. The first kappa shape index (κ1) is 16.5. The van der Waals surface area contributed by atoms with Gasteiger partial charge in [0.2, 0.25) is 0 Å². The van der Waals surface area contributed by atoms with Crippen LogP contribution in [-0.4, -0.2) is 28.9 Å². The molecule has 0 bridgehead atoms. The van der Waals surface area contributed by atoms with Crippen LogP contribution in [0.4, 0.5) is 29.2 Å². The van der Waals surface area contributed by atoms with Crippen LogP contribution in [0.2, 0.25) is 0 Å². The van der Waals surface area contributed by atoms with Crippen LogP contribution in [0.1, 0.15) is 32.2 Å². The zero-order chi connectivity index (χ0) is 15.7. The molecule has 0 amide bonds. The Kier molecular flexibility index (Phi) is 4.45. The van der Waals surface area contributed by atoms with Gasteiger partial charge in [-0.05, 0) is 6.92 Å². The molecule has 0 aliphatic rings. The average molecular weight is 294 g/mol. The smallest absolute Gasteiger partial charge is 0.324 e. The summed E-state index contributed by atoms with van der Waals surface area (Å²) in [6.07, 6.45) is -3.74. The van der Waals surface area contributed by atoms with Crippen molar-refractivity contribution in [3.63, 3.8) is 0 Å². The fourth-order valence-electron chi connectivity index (χ4n) is 1.32. The molecule has 1 aromatic rings. The highest BCUT2D eigenvalue weighted by Gasteiger charge is 2.40. The summed E-state index contributed by atoms with van der Waals surface area (Å²) in [5, 5.41) is 2.23. The lowest BCUT2D eigenvalue weighted by Gasteiger charge is -2.21. The Hall–Kier alpha value is -1.60. The van der Waals surface area contributed by atoms with E-state index in [0.29, 0.717) is 11.4 Å². The number of nitrogens with one attached hydrogen (secondary N) is 1. The van der Waals surface area contributed by atoms with Gasteiger partial charge in [-0.2, -0.15) is 8.78 Å². The summed E-state index contributed by atoms with van der Waals surface area (Å²) in [6, 6.07) is 0. The van der Waals surface area contributed by atoms with Gasteiger partial charge in [-0.1, -0.05) is 20.8 Å². The van der Waals surface area contributed by atoms with Gasteiger partial charge in [0.15, 0.2) is 0 Å². The van der Waals surface area contributed by atoms with Crippen LogP contribution in [0.15, 0.2) is 0 Å². The molecule has 0 saturated carbocycles. The number of hydrogen-bond acceptors (Lipinski definition) is 4. The van der Waals surface area contributed by atoms with Crippen LogP contribution < -0.4 is 11.1 Å². The second-order valence-electron chi connectivity index (χ2n) is 5.57. The van der Waals surface area contributed by atoms with Crippen LogP contribution in [-0.2, 0) is 5.41 Å². The topological polar surface area (TPSA) is 63.8 Å². The van der Waals surface area contributed by atoms with Gasteiger partial charge in [-0.15, -0.1) is 0 Å². The molecule has 3 N–H and O–H groups in total. The monoisotopic (exact) mass is 294 g/mol. The minimum Gasteiger partial charge on any atom is -0.383 e. The fourth-order valence-corrected chi connectivity index (χ4v) is 1.32. The van der Waals surface area contributed by atoms with Gasteiger partial charge in [0.25, 0.3) is 0 Å². The number of halogens is 4. The number of rotatable bonds is 4. The van der Waals surface area contributed by atoms with E-state index in [-0.39, 0.29) is 11.6 Å². The minimum absolute atomic E-state index is 0.0442. The maximum atomic E-state index is 12.9. The van der Waals surface area contributed by atoms with Gasteiger partial charge >= 0.3 is 12.3 Å². The van der Waals surface area contributed by atoms with Crippen LogP contribution in [0, 0.1) is 6.92 Å². The number of hydrogen-bond donors (Lipinski definition) is 2. The molecule has 0 saturated heterocycles. The standard InChI is InChI=1S/C12H18F4N4/c1-6-7(17)19-10(11(2,3)4)20-8(6)18-5-12(15,16)9(13)14/h9H,5H2,1-4H3,(H3,17,18,19,20). The van der Waals surface area contributed by atoms with E-state index in [1.807, 2.05) is 20.8 Å². The van der Waals surface area contributed by atoms with Crippen molar-refractivity contribution in [3.8, 4) is 0 Å². The van der Waals surface area contributed by atoms with Crippen molar-refractivity contribution in [1.29, 1.82) is 0 Å². The summed E-state index contributed by atoms with van der Waals surface area (Å²) < 4.78 is 50.1. The maximum Gasteiger partial charge on any atom is 0.324 e. The Morgan fingerprint density at radius 1 is 1.20 bits per heavy atom. The summed E-state index contributed by atoms with van der Waals surface area (Å²) in [5.74, 6) is -3.60. The Balaban J connectivity index is 3.04. The Morgan fingerprint density at radius 2 is 1.75 bits per heavy atom. The van der Waals surface area contributed by atoms with E-state index in [2.05, 4.69) is 15.3 Å². The molecule has 1 aromatic heterocycles. The summed E-state index contributed by atoms with van der Waals surface area (Å²) in [7, 11) is 0. The first-order valence-corrected chi connectivity index (χ1v) is 5.99. The lowest BCUT2D eigenvalue weighted by Crippen LogP contribution is -2.35. The second-order valence-corrected chi connectivity index (χ2v) is 5.57. The molecule has 0 atom stereocenters. The normalized spacial score (nSPS) is 12.8. The first-order valence-electron chi connectivity index (χ1n) is 5.99. The molecule has 0 fully saturated rings. The van der Waals surface area contributed by atoms with Crippen molar-refractivity contribution in [2.45, 2.75) is 45.5 Å². The number of aromatic nitrogens is 2. The molecule has 4 nitrogen and oxygen atoms in total. The fraction of sp³-hybridized carbons (Fsp3) is 0.667. The summed E-state index contributed by atoms with van der Waals surface area (Å²) in [6.45, 7) is 5.80. The minimum atomic E-state index is -4.13. The van der Waals surface area contributed by atoms with Crippen LogP contribution in [0.5, 0.6) is 0 Å². The van der Waals surface area contributed by atoms with Crippen molar-refractivity contribution in [3.05, 3.63) is 11.4 Å². The van der Waals surface area contributed by atoms with Crippen LogP contribution in [0.25, 0.3) is 0 Å². The number of nitrogens with two attached hydrogens (primary N) is 1.